The normalized spacial score (nSPS) is 16.6. The van der Waals surface area contributed by atoms with Gasteiger partial charge in [-0.15, -0.1) is 13.2 Å². The number of benzene rings is 2. The summed E-state index contributed by atoms with van der Waals surface area (Å²) < 4.78 is 40.8. The van der Waals surface area contributed by atoms with Crippen LogP contribution in [0, 0.1) is 0 Å². The first kappa shape index (κ1) is 23.1. The van der Waals surface area contributed by atoms with Crippen molar-refractivity contribution in [2.24, 2.45) is 0 Å². The molecule has 0 atom stereocenters. The smallest absolute Gasteiger partial charge is 0.406 e. The molecule has 1 saturated heterocycles. The molecule has 2 aromatic rings. The maximum absolute atomic E-state index is 13.0. The lowest BCUT2D eigenvalue weighted by Crippen LogP contribution is -2.48. The molecule has 33 heavy (non-hydrogen) atoms. The molecule has 2 aromatic carbocycles. The molecule has 0 aromatic heterocycles. The van der Waals surface area contributed by atoms with Crippen molar-refractivity contribution in [3.63, 3.8) is 0 Å². The van der Waals surface area contributed by atoms with Crippen LogP contribution in [0.3, 0.4) is 0 Å². The summed E-state index contributed by atoms with van der Waals surface area (Å²) in [6, 6.07) is 11.4. The Morgan fingerprint density at radius 1 is 0.970 bits per heavy atom. The Labute approximate surface area is 190 Å². The molecule has 2 aliphatic heterocycles. The second-order valence-electron chi connectivity index (χ2n) is 8.25. The molecule has 0 saturated carbocycles. The molecule has 2 aliphatic rings. The summed E-state index contributed by atoms with van der Waals surface area (Å²) in [4.78, 5) is 30.9. The molecule has 0 bridgehead atoms. The molecule has 9 heteroatoms. The van der Waals surface area contributed by atoms with E-state index in [1.54, 1.807) is 23.1 Å². The summed E-state index contributed by atoms with van der Waals surface area (Å²) in [5.41, 5.74) is 3.44. The topological polar surface area (TPSA) is 53.1 Å². The highest BCUT2D eigenvalue weighted by Crippen LogP contribution is 2.30. The van der Waals surface area contributed by atoms with Gasteiger partial charge in [0, 0.05) is 56.9 Å². The van der Waals surface area contributed by atoms with Crippen LogP contribution in [0.25, 0.3) is 0 Å². The van der Waals surface area contributed by atoms with Crippen LogP contribution in [-0.4, -0.2) is 60.7 Å². The number of anilines is 1. The van der Waals surface area contributed by atoms with Gasteiger partial charge in [-0.1, -0.05) is 19.1 Å². The van der Waals surface area contributed by atoms with E-state index in [2.05, 4.69) is 9.64 Å². The molecule has 2 amide bonds. The molecule has 0 N–H and O–H groups in total. The lowest BCUT2D eigenvalue weighted by molar-refractivity contribution is -0.274. The summed E-state index contributed by atoms with van der Waals surface area (Å²) in [7, 11) is 0. The van der Waals surface area contributed by atoms with E-state index in [9.17, 15) is 22.8 Å². The first-order valence-electron chi connectivity index (χ1n) is 11.0. The number of nitrogens with zero attached hydrogens (tertiary/aromatic N) is 3. The Bertz CT molecular complexity index is 1020. The zero-order valence-corrected chi connectivity index (χ0v) is 18.4. The van der Waals surface area contributed by atoms with Crippen LogP contribution < -0.4 is 9.64 Å². The van der Waals surface area contributed by atoms with Crippen LogP contribution in [0.1, 0.15) is 34.8 Å². The largest absolute Gasteiger partial charge is 0.573 e. The number of carbonyl (C=O) groups excluding carboxylic acids is 2. The second-order valence-corrected chi connectivity index (χ2v) is 8.25. The zero-order valence-electron chi connectivity index (χ0n) is 18.4. The lowest BCUT2D eigenvalue weighted by Gasteiger charge is -2.35. The van der Waals surface area contributed by atoms with Gasteiger partial charge in [-0.2, -0.15) is 0 Å². The Hall–Kier alpha value is -3.07. The molecule has 176 valence electrons. The zero-order chi connectivity index (χ0) is 23.6. The number of alkyl halides is 3. The third-order valence-corrected chi connectivity index (χ3v) is 6.05. The molecular formula is C24H26F3N3O3. The number of halogens is 3. The van der Waals surface area contributed by atoms with Crippen LogP contribution in [0.5, 0.6) is 5.75 Å². The highest BCUT2D eigenvalue weighted by Gasteiger charge is 2.31. The van der Waals surface area contributed by atoms with Gasteiger partial charge in [0.1, 0.15) is 5.75 Å². The first-order valence-corrected chi connectivity index (χ1v) is 11.0. The Morgan fingerprint density at radius 2 is 1.67 bits per heavy atom. The molecule has 2 heterocycles. The quantitative estimate of drug-likeness (QED) is 0.679. The van der Waals surface area contributed by atoms with Crippen molar-refractivity contribution in [3.8, 4) is 5.75 Å². The van der Waals surface area contributed by atoms with Crippen LogP contribution in [-0.2, 0) is 17.8 Å². The van der Waals surface area contributed by atoms with E-state index in [1.807, 2.05) is 24.0 Å². The molecule has 0 unspecified atom stereocenters. The molecule has 0 spiro atoms. The standard InChI is InChI=1S/C24H26F3N3O3/c1-2-22(31)30-10-9-18-15-19(5-8-21(18)30)23(32)29-13-11-28(12-14-29)16-17-3-6-20(7-4-17)33-24(25,26)27/h3-8,15H,2,9-14,16H2,1H3. The SMILES string of the molecule is CCC(=O)N1CCc2cc(C(=O)N3CCN(Cc4ccc(OC(F)(F)F)cc4)CC3)ccc21. The Morgan fingerprint density at radius 3 is 2.30 bits per heavy atom. The number of piperazine rings is 1. The highest BCUT2D eigenvalue weighted by molar-refractivity contribution is 5.98. The number of amides is 2. The lowest BCUT2D eigenvalue weighted by atomic mass is 10.1. The van der Waals surface area contributed by atoms with Crippen LogP contribution >= 0.6 is 0 Å². The van der Waals surface area contributed by atoms with Gasteiger partial charge in [0.15, 0.2) is 0 Å². The summed E-state index contributed by atoms with van der Waals surface area (Å²) in [5, 5.41) is 0. The molecule has 4 rings (SSSR count). The van der Waals surface area contributed by atoms with Gasteiger partial charge in [0.25, 0.3) is 5.91 Å². The minimum absolute atomic E-state index is 0.0219. The van der Waals surface area contributed by atoms with E-state index in [0.717, 1.165) is 23.2 Å². The van der Waals surface area contributed by atoms with E-state index in [4.69, 9.17) is 0 Å². The number of fused-ring (bicyclic) bond motifs is 1. The van der Waals surface area contributed by atoms with Crippen molar-refractivity contribution < 1.29 is 27.5 Å². The van der Waals surface area contributed by atoms with Crippen LogP contribution in [0.4, 0.5) is 18.9 Å². The Balaban J connectivity index is 1.31. The first-order chi connectivity index (χ1) is 15.7. The van der Waals surface area contributed by atoms with Gasteiger partial charge in [0.2, 0.25) is 5.91 Å². The van der Waals surface area contributed by atoms with Gasteiger partial charge in [0.05, 0.1) is 0 Å². The van der Waals surface area contributed by atoms with Crippen molar-refractivity contribution in [2.45, 2.75) is 32.7 Å². The number of ether oxygens (including phenoxy) is 1. The highest BCUT2D eigenvalue weighted by atomic mass is 19.4. The van der Waals surface area contributed by atoms with Gasteiger partial charge >= 0.3 is 6.36 Å². The predicted molar refractivity (Wildman–Crippen MR) is 117 cm³/mol. The van der Waals surface area contributed by atoms with Crippen molar-refractivity contribution in [3.05, 3.63) is 59.2 Å². The number of hydrogen-bond donors (Lipinski definition) is 0. The fourth-order valence-corrected chi connectivity index (χ4v) is 4.33. The van der Waals surface area contributed by atoms with Gasteiger partial charge < -0.3 is 14.5 Å². The predicted octanol–water partition coefficient (Wildman–Crippen LogP) is 3.84. The fourth-order valence-electron chi connectivity index (χ4n) is 4.33. The third kappa shape index (κ3) is 5.47. The van der Waals surface area contributed by atoms with Crippen LogP contribution in [0.2, 0.25) is 0 Å². The van der Waals surface area contributed by atoms with Crippen LogP contribution in [0.15, 0.2) is 42.5 Å². The minimum atomic E-state index is -4.70. The maximum atomic E-state index is 13.0. The summed E-state index contributed by atoms with van der Waals surface area (Å²) >= 11 is 0. The Kier molecular flexibility index (Phi) is 6.60. The van der Waals surface area contributed by atoms with Gasteiger partial charge in [-0.3, -0.25) is 14.5 Å². The average molecular weight is 461 g/mol. The monoisotopic (exact) mass is 461 g/mol. The second kappa shape index (κ2) is 9.43. The van der Waals surface area contributed by atoms with E-state index >= 15 is 0 Å². The van der Waals surface area contributed by atoms with E-state index < -0.39 is 6.36 Å². The fraction of sp³-hybridized carbons (Fsp3) is 0.417. The van der Waals surface area contributed by atoms with Crippen molar-refractivity contribution >= 4 is 17.5 Å². The number of carbonyl (C=O) groups is 2. The van der Waals surface area contributed by atoms with E-state index in [0.29, 0.717) is 51.3 Å². The summed E-state index contributed by atoms with van der Waals surface area (Å²) in [6.07, 6.45) is -3.49. The van der Waals surface area contributed by atoms with Crippen molar-refractivity contribution in [2.75, 3.05) is 37.6 Å². The number of hydrogen-bond acceptors (Lipinski definition) is 4. The minimum Gasteiger partial charge on any atom is -0.406 e. The van der Waals surface area contributed by atoms with Gasteiger partial charge in [-0.05, 0) is 47.9 Å². The molecular weight excluding hydrogens is 435 g/mol. The summed E-state index contributed by atoms with van der Waals surface area (Å²) in [5.74, 6) is -0.170. The van der Waals surface area contributed by atoms with E-state index in [-0.39, 0.29) is 17.6 Å². The average Bonchev–Trinajstić information content (AvgIpc) is 3.22. The molecule has 0 radical (unpaired) electrons. The molecule has 6 nitrogen and oxygen atoms in total. The van der Waals surface area contributed by atoms with Crippen molar-refractivity contribution in [1.29, 1.82) is 0 Å². The number of rotatable bonds is 5. The summed E-state index contributed by atoms with van der Waals surface area (Å²) in [6.45, 7) is 5.59. The third-order valence-electron chi connectivity index (χ3n) is 6.05. The van der Waals surface area contributed by atoms with E-state index in [1.165, 1.54) is 12.1 Å². The van der Waals surface area contributed by atoms with Gasteiger partial charge in [-0.25, -0.2) is 0 Å². The maximum Gasteiger partial charge on any atom is 0.573 e. The van der Waals surface area contributed by atoms with Crippen molar-refractivity contribution in [1.82, 2.24) is 9.80 Å². The molecule has 0 aliphatic carbocycles. The molecule has 1 fully saturated rings.